The highest BCUT2D eigenvalue weighted by atomic mass is 16.5. The fourth-order valence-corrected chi connectivity index (χ4v) is 7.01. The summed E-state index contributed by atoms with van der Waals surface area (Å²) < 4.78 is 5.42. The molecule has 0 spiro atoms. The van der Waals surface area contributed by atoms with E-state index in [0.29, 0.717) is 5.69 Å². The lowest BCUT2D eigenvalue weighted by Crippen LogP contribution is -2.49. The molecule has 1 aliphatic heterocycles. The van der Waals surface area contributed by atoms with Crippen LogP contribution in [0.3, 0.4) is 0 Å². The number of anilines is 1. The van der Waals surface area contributed by atoms with Crippen molar-refractivity contribution in [1.29, 1.82) is 0 Å². The lowest BCUT2D eigenvalue weighted by molar-refractivity contribution is -0.162. The largest absolute Gasteiger partial charge is 0.454 e. The fourth-order valence-electron chi connectivity index (χ4n) is 7.01. The zero-order chi connectivity index (χ0) is 28.3. The van der Waals surface area contributed by atoms with E-state index in [0.717, 1.165) is 38.3 Å². The average molecular weight is 537 g/mol. The van der Waals surface area contributed by atoms with Gasteiger partial charge >= 0.3 is 5.97 Å². The summed E-state index contributed by atoms with van der Waals surface area (Å²) >= 11 is 0. The van der Waals surface area contributed by atoms with Gasteiger partial charge in [0.15, 0.2) is 6.61 Å². The van der Waals surface area contributed by atoms with Crippen LogP contribution >= 0.6 is 0 Å². The van der Waals surface area contributed by atoms with Crippen molar-refractivity contribution in [1.82, 2.24) is 4.90 Å². The van der Waals surface area contributed by atoms with Crippen LogP contribution in [-0.2, 0) is 23.9 Å². The van der Waals surface area contributed by atoms with E-state index in [1.165, 1.54) is 0 Å². The third-order valence-corrected chi connectivity index (χ3v) is 8.64. The molecule has 4 aliphatic rings. The van der Waals surface area contributed by atoms with Crippen LogP contribution < -0.4 is 5.32 Å². The number of benzene rings is 3. The van der Waals surface area contributed by atoms with Gasteiger partial charge in [-0.25, -0.2) is 4.79 Å². The van der Waals surface area contributed by atoms with Crippen LogP contribution in [0.15, 0.2) is 66.7 Å². The van der Waals surface area contributed by atoms with Gasteiger partial charge in [-0.05, 0) is 53.6 Å². The number of nitrogens with one attached hydrogen (secondary N) is 1. The molecule has 40 heavy (non-hydrogen) atoms. The van der Waals surface area contributed by atoms with Gasteiger partial charge in [-0.1, -0.05) is 80.1 Å². The quantitative estimate of drug-likeness (QED) is 0.364. The van der Waals surface area contributed by atoms with Crippen molar-refractivity contribution in [2.24, 2.45) is 17.8 Å². The van der Waals surface area contributed by atoms with Crippen molar-refractivity contribution < 1.29 is 23.9 Å². The maximum atomic E-state index is 14.1. The summed E-state index contributed by atoms with van der Waals surface area (Å²) in [4.78, 5) is 55.3. The SMILES string of the molecule is Cc1ccc(NC(=O)COC(=O)[C@H](C(C)C)N2C(=O)[C@@H]3C4c5ccccc5C(c5ccccc54)[C@H]3C2=O)c(C)c1. The number of likely N-dealkylation sites (tertiary alicyclic amines) is 1. The second kappa shape index (κ2) is 9.73. The van der Waals surface area contributed by atoms with Gasteiger partial charge in [-0.3, -0.25) is 19.3 Å². The number of imide groups is 1. The van der Waals surface area contributed by atoms with E-state index in [1.54, 1.807) is 19.9 Å². The maximum absolute atomic E-state index is 14.1. The van der Waals surface area contributed by atoms with Gasteiger partial charge in [-0.2, -0.15) is 0 Å². The van der Waals surface area contributed by atoms with E-state index in [2.05, 4.69) is 5.32 Å². The highest BCUT2D eigenvalue weighted by Gasteiger charge is 2.63. The molecular weight excluding hydrogens is 504 g/mol. The van der Waals surface area contributed by atoms with Crippen molar-refractivity contribution in [3.63, 3.8) is 0 Å². The molecule has 0 saturated carbocycles. The molecule has 0 aromatic heterocycles. The van der Waals surface area contributed by atoms with Gasteiger partial charge in [0.05, 0.1) is 11.8 Å². The Bertz CT molecular complexity index is 1440. The number of carbonyl (C=O) groups is 4. The van der Waals surface area contributed by atoms with E-state index in [1.807, 2.05) is 74.5 Å². The Morgan fingerprint density at radius 1 is 0.825 bits per heavy atom. The second-order valence-electron chi connectivity index (χ2n) is 11.5. The third-order valence-electron chi connectivity index (χ3n) is 8.64. The summed E-state index contributed by atoms with van der Waals surface area (Å²) in [6.45, 7) is 6.90. The van der Waals surface area contributed by atoms with E-state index >= 15 is 0 Å². The first-order chi connectivity index (χ1) is 19.2. The summed E-state index contributed by atoms with van der Waals surface area (Å²) in [5, 5.41) is 2.77. The van der Waals surface area contributed by atoms with Gasteiger partial charge in [0.1, 0.15) is 6.04 Å². The number of esters is 1. The van der Waals surface area contributed by atoms with Crippen molar-refractivity contribution in [2.75, 3.05) is 11.9 Å². The Kier molecular flexibility index (Phi) is 6.32. The fraction of sp³-hybridized carbons (Fsp3) is 0.333. The molecule has 7 nitrogen and oxygen atoms in total. The van der Waals surface area contributed by atoms with E-state index in [4.69, 9.17) is 4.74 Å². The number of aryl methyl sites for hydroxylation is 2. The molecule has 2 bridgehead atoms. The Labute approximate surface area is 233 Å². The van der Waals surface area contributed by atoms with Crippen LogP contribution in [0.25, 0.3) is 0 Å². The molecule has 7 rings (SSSR count). The van der Waals surface area contributed by atoms with E-state index < -0.39 is 42.3 Å². The number of carbonyl (C=O) groups excluding carboxylic acids is 4. The molecule has 7 heteroatoms. The molecule has 0 unspecified atom stereocenters. The van der Waals surface area contributed by atoms with Crippen molar-refractivity contribution >= 4 is 29.4 Å². The Morgan fingerprint density at radius 2 is 1.32 bits per heavy atom. The summed E-state index contributed by atoms with van der Waals surface area (Å²) in [6.07, 6.45) is 0. The number of hydrogen-bond acceptors (Lipinski definition) is 5. The first-order valence-corrected chi connectivity index (χ1v) is 13.8. The Balaban J connectivity index is 1.26. The number of ether oxygens (including phenoxy) is 1. The summed E-state index contributed by atoms with van der Waals surface area (Å²) in [7, 11) is 0. The highest BCUT2D eigenvalue weighted by molar-refractivity contribution is 6.10. The number of amides is 3. The summed E-state index contributed by atoms with van der Waals surface area (Å²) in [5.41, 5.74) is 6.89. The van der Waals surface area contributed by atoms with Crippen LogP contribution in [0.2, 0.25) is 0 Å². The summed E-state index contributed by atoms with van der Waals surface area (Å²) in [6, 6.07) is 20.6. The summed E-state index contributed by atoms with van der Waals surface area (Å²) in [5.74, 6) is -3.99. The molecule has 3 aliphatic carbocycles. The Morgan fingerprint density at radius 3 is 1.77 bits per heavy atom. The van der Waals surface area contributed by atoms with Crippen molar-refractivity contribution in [3.05, 3.63) is 100 Å². The highest BCUT2D eigenvalue weighted by Crippen LogP contribution is 2.61. The monoisotopic (exact) mass is 536 g/mol. The number of nitrogens with zero attached hydrogens (tertiary/aromatic N) is 1. The smallest absolute Gasteiger partial charge is 0.330 e. The molecule has 1 saturated heterocycles. The third kappa shape index (κ3) is 3.95. The van der Waals surface area contributed by atoms with E-state index in [-0.39, 0.29) is 23.7 Å². The predicted molar refractivity (Wildman–Crippen MR) is 150 cm³/mol. The molecule has 3 amide bonds. The van der Waals surface area contributed by atoms with Crippen molar-refractivity contribution in [3.8, 4) is 0 Å². The number of rotatable bonds is 6. The first-order valence-electron chi connectivity index (χ1n) is 13.8. The van der Waals surface area contributed by atoms with E-state index in [9.17, 15) is 19.2 Å². The van der Waals surface area contributed by atoms with Gasteiger partial charge in [-0.15, -0.1) is 0 Å². The van der Waals surface area contributed by atoms with Gasteiger partial charge in [0.2, 0.25) is 11.8 Å². The molecule has 0 radical (unpaired) electrons. The topological polar surface area (TPSA) is 92.8 Å². The second-order valence-corrected chi connectivity index (χ2v) is 11.5. The predicted octanol–water partition coefficient (Wildman–Crippen LogP) is 4.70. The normalized spacial score (nSPS) is 23.0. The van der Waals surface area contributed by atoms with Crippen LogP contribution in [0.4, 0.5) is 5.69 Å². The molecule has 3 aromatic rings. The standard InChI is InChI=1S/C33H32N2O5/c1-17(2)30(33(39)40-16-25(36)34-24-14-13-18(3)15-19(24)4)35-31(37)28-26-20-9-5-6-10-21(20)27(29(28)32(35)38)23-12-8-7-11-22(23)26/h5-15,17,26-30H,16H2,1-4H3,(H,34,36)/t26?,27?,28-,29-,30+/m1/s1. The molecule has 204 valence electrons. The minimum Gasteiger partial charge on any atom is -0.454 e. The van der Waals surface area contributed by atoms with Crippen LogP contribution in [0.5, 0.6) is 0 Å². The van der Waals surface area contributed by atoms with Gasteiger partial charge in [0, 0.05) is 17.5 Å². The molecular formula is C33H32N2O5. The first kappa shape index (κ1) is 26.0. The molecule has 1 fully saturated rings. The molecule has 3 atom stereocenters. The lowest BCUT2D eigenvalue weighted by Gasteiger charge is -2.45. The zero-order valence-electron chi connectivity index (χ0n) is 23.0. The zero-order valence-corrected chi connectivity index (χ0v) is 23.0. The van der Waals surface area contributed by atoms with Crippen LogP contribution in [0, 0.1) is 31.6 Å². The van der Waals surface area contributed by atoms with Crippen molar-refractivity contribution in [2.45, 2.75) is 45.6 Å². The molecule has 1 heterocycles. The Hall–Kier alpha value is -4.26. The minimum absolute atomic E-state index is 0.254. The van der Waals surface area contributed by atoms with Gasteiger partial charge < -0.3 is 10.1 Å². The van der Waals surface area contributed by atoms with Crippen LogP contribution in [-0.4, -0.2) is 41.2 Å². The minimum atomic E-state index is -1.12. The molecule has 1 N–H and O–H groups in total. The maximum Gasteiger partial charge on any atom is 0.330 e. The lowest BCUT2D eigenvalue weighted by atomic mass is 9.55. The van der Waals surface area contributed by atoms with Gasteiger partial charge in [0.25, 0.3) is 5.91 Å². The molecule has 3 aromatic carbocycles. The number of hydrogen-bond donors (Lipinski definition) is 1. The average Bonchev–Trinajstić information content (AvgIpc) is 3.19. The van der Waals surface area contributed by atoms with Crippen LogP contribution in [0.1, 0.15) is 59.1 Å².